The maximum Gasteiger partial charge on any atom is 0.419 e. The van der Waals surface area contributed by atoms with Crippen molar-refractivity contribution in [2.24, 2.45) is 34.5 Å². The fourth-order valence-electron chi connectivity index (χ4n) is 7.85. The molecule has 0 aromatic heterocycles. The molecule has 4 aliphatic rings. The van der Waals surface area contributed by atoms with Crippen LogP contribution in [0.3, 0.4) is 0 Å². The topological polar surface area (TPSA) is 37.3 Å². The lowest BCUT2D eigenvalue weighted by molar-refractivity contribution is -0.304. The molecular weight excluding hydrogens is 410 g/mol. The van der Waals surface area contributed by atoms with E-state index in [0.717, 1.165) is 0 Å². The van der Waals surface area contributed by atoms with Crippen molar-refractivity contribution in [2.75, 3.05) is 0 Å². The van der Waals surface area contributed by atoms with Crippen LogP contribution < -0.4 is 0 Å². The highest BCUT2D eigenvalue weighted by atomic mass is 19.4. The highest BCUT2D eigenvalue weighted by Gasteiger charge is 2.73. The van der Waals surface area contributed by atoms with E-state index in [9.17, 15) is 36.2 Å². The molecule has 3 unspecified atom stereocenters. The van der Waals surface area contributed by atoms with E-state index < -0.39 is 46.1 Å². The Labute approximate surface area is 172 Å². The summed E-state index contributed by atoms with van der Waals surface area (Å²) in [6.07, 6.45) is -8.93. The van der Waals surface area contributed by atoms with Crippen molar-refractivity contribution in [3.63, 3.8) is 0 Å². The molecule has 0 aliphatic heterocycles. The van der Waals surface area contributed by atoms with Gasteiger partial charge in [0.2, 0.25) is 0 Å². The lowest BCUT2D eigenvalue weighted by Crippen LogP contribution is -2.61. The van der Waals surface area contributed by atoms with Crippen LogP contribution in [0.2, 0.25) is 0 Å². The first-order chi connectivity index (χ1) is 13.6. The van der Waals surface area contributed by atoms with E-state index in [2.05, 4.69) is 0 Å². The van der Waals surface area contributed by atoms with E-state index in [1.165, 1.54) is 6.92 Å². The lowest BCUT2D eigenvalue weighted by atomic mass is 9.44. The average molecular weight is 438 g/mol. The number of halogens is 6. The third-order valence-electron chi connectivity index (χ3n) is 9.38. The zero-order valence-electron chi connectivity index (χ0n) is 17.4. The van der Waals surface area contributed by atoms with Crippen molar-refractivity contribution in [2.45, 2.75) is 83.7 Å². The normalized spacial score (nSPS) is 47.1. The highest BCUT2D eigenvalue weighted by molar-refractivity contribution is 5.98. The zero-order chi connectivity index (χ0) is 22.5. The number of rotatable bonds is 0. The second-order valence-electron chi connectivity index (χ2n) is 10.5. The number of hydrogen-bond donors (Lipinski definition) is 1. The van der Waals surface area contributed by atoms with E-state index in [-0.39, 0.29) is 55.4 Å². The predicted octanol–water partition coefficient (Wildman–Crippen LogP) is 5.99. The molecule has 0 saturated heterocycles. The van der Waals surface area contributed by atoms with Gasteiger partial charge in [-0.1, -0.05) is 20.8 Å². The molecule has 0 aromatic carbocycles. The van der Waals surface area contributed by atoms with Crippen LogP contribution in [-0.4, -0.2) is 28.8 Å². The number of aliphatic hydroxyl groups is 1. The molecule has 0 amide bonds. The smallest absolute Gasteiger partial charge is 0.380 e. The van der Waals surface area contributed by atoms with E-state index in [1.807, 2.05) is 0 Å². The summed E-state index contributed by atoms with van der Waals surface area (Å²) < 4.78 is 82.8. The fourth-order valence-corrected chi connectivity index (χ4v) is 7.85. The van der Waals surface area contributed by atoms with Crippen molar-refractivity contribution in [1.29, 1.82) is 0 Å². The Hall–Kier alpha value is -1.05. The summed E-state index contributed by atoms with van der Waals surface area (Å²) >= 11 is 0. The minimum Gasteiger partial charge on any atom is -0.380 e. The van der Waals surface area contributed by atoms with E-state index in [0.29, 0.717) is 12.8 Å². The Bertz CT molecular complexity index is 798. The monoisotopic (exact) mass is 438 g/mol. The van der Waals surface area contributed by atoms with Gasteiger partial charge in [0, 0.05) is 11.8 Å². The van der Waals surface area contributed by atoms with Crippen LogP contribution >= 0.6 is 0 Å². The predicted molar refractivity (Wildman–Crippen MR) is 97.3 cm³/mol. The molecule has 0 spiro atoms. The minimum absolute atomic E-state index is 0.0786. The van der Waals surface area contributed by atoms with Crippen LogP contribution in [0, 0.1) is 34.5 Å². The number of hydrogen-bond acceptors (Lipinski definition) is 2. The molecule has 4 rings (SSSR count). The molecule has 0 aromatic rings. The van der Waals surface area contributed by atoms with Gasteiger partial charge in [0.25, 0.3) is 0 Å². The van der Waals surface area contributed by atoms with Crippen molar-refractivity contribution in [3.05, 3.63) is 11.1 Å². The van der Waals surface area contributed by atoms with Gasteiger partial charge >= 0.3 is 12.4 Å². The lowest BCUT2D eigenvalue weighted by Gasteiger charge is -2.61. The number of alkyl halides is 6. The number of Topliss-reactive ketones (excluding diaryl/α,β-unsaturated/α-hetero) is 1. The van der Waals surface area contributed by atoms with Crippen molar-refractivity contribution in [1.82, 2.24) is 0 Å². The van der Waals surface area contributed by atoms with Crippen molar-refractivity contribution >= 4 is 5.78 Å². The minimum atomic E-state index is -4.74. The third kappa shape index (κ3) is 2.64. The van der Waals surface area contributed by atoms with E-state index in [4.69, 9.17) is 0 Å². The van der Waals surface area contributed by atoms with Gasteiger partial charge in [-0.05, 0) is 73.2 Å². The summed E-state index contributed by atoms with van der Waals surface area (Å²) in [5, 5.41) is 10.7. The SMILES string of the molecule is C[C@H]1CC2=C(C(F)(F)F)C(=O)CC[C@]2(C)C2CC[C@@]3(C)C(CC[C@@]3(O)C(F)(F)F)C21. The number of allylic oxidation sites excluding steroid dienone is 1. The van der Waals surface area contributed by atoms with Crippen LogP contribution in [0.25, 0.3) is 0 Å². The van der Waals surface area contributed by atoms with Crippen LogP contribution in [-0.2, 0) is 4.79 Å². The van der Waals surface area contributed by atoms with Gasteiger partial charge in [-0.25, -0.2) is 0 Å². The molecule has 2 nitrogen and oxygen atoms in total. The van der Waals surface area contributed by atoms with Gasteiger partial charge in [-0.2, -0.15) is 26.3 Å². The first-order valence-electron chi connectivity index (χ1n) is 10.7. The average Bonchev–Trinajstić information content (AvgIpc) is 2.88. The Morgan fingerprint density at radius 3 is 2.13 bits per heavy atom. The maximum atomic E-state index is 13.8. The summed E-state index contributed by atoms with van der Waals surface area (Å²) in [7, 11) is 0. The number of carbonyl (C=O) groups excluding carboxylic acids is 1. The van der Waals surface area contributed by atoms with Gasteiger partial charge < -0.3 is 5.11 Å². The van der Waals surface area contributed by atoms with Gasteiger partial charge in [0.1, 0.15) is 0 Å². The fraction of sp³-hybridized carbons (Fsp3) is 0.864. The summed E-state index contributed by atoms with van der Waals surface area (Å²) in [6, 6.07) is 0. The largest absolute Gasteiger partial charge is 0.419 e. The second kappa shape index (κ2) is 6.26. The maximum absolute atomic E-state index is 13.8. The van der Waals surface area contributed by atoms with Crippen molar-refractivity contribution < 1.29 is 36.2 Å². The molecule has 7 atom stereocenters. The van der Waals surface area contributed by atoms with Gasteiger partial charge in [-0.15, -0.1) is 0 Å². The molecule has 0 radical (unpaired) electrons. The Morgan fingerprint density at radius 2 is 1.57 bits per heavy atom. The Kier molecular flexibility index (Phi) is 4.62. The Balaban J connectivity index is 1.79. The first-order valence-corrected chi connectivity index (χ1v) is 10.7. The van der Waals surface area contributed by atoms with Gasteiger partial charge in [0.15, 0.2) is 11.4 Å². The number of ketones is 1. The molecule has 170 valence electrons. The summed E-state index contributed by atoms with van der Waals surface area (Å²) in [6.45, 7) is 5.09. The summed E-state index contributed by atoms with van der Waals surface area (Å²) in [5.41, 5.74) is -5.79. The first kappa shape index (κ1) is 22.2. The van der Waals surface area contributed by atoms with Crippen LogP contribution in [0.5, 0.6) is 0 Å². The molecule has 0 bridgehead atoms. The van der Waals surface area contributed by atoms with Crippen LogP contribution in [0.4, 0.5) is 26.3 Å². The van der Waals surface area contributed by atoms with Gasteiger partial charge in [-0.3, -0.25) is 4.79 Å². The highest BCUT2D eigenvalue weighted by Crippen LogP contribution is 2.71. The van der Waals surface area contributed by atoms with E-state index >= 15 is 0 Å². The molecule has 3 saturated carbocycles. The second-order valence-corrected chi connectivity index (χ2v) is 10.5. The van der Waals surface area contributed by atoms with E-state index in [1.54, 1.807) is 13.8 Å². The summed E-state index contributed by atoms with van der Waals surface area (Å²) in [4.78, 5) is 12.2. The standard InChI is InChI=1S/C22H28F6O2/c1-11-10-14-17(21(23,24)25)15(29)6-7-18(14,2)12-4-8-19(3)13(16(11)12)5-9-20(19,30)22(26,27)28/h11-13,16,30H,4-10H2,1-3H3/t11-,12?,13?,16?,18+,19-,20-/m0/s1. The Morgan fingerprint density at radius 1 is 0.967 bits per heavy atom. The van der Waals surface area contributed by atoms with Crippen molar-refractivity contribution in [3.8, 4) is 0 Å². The molecule has 4 aliphatic carbocycles. The number of carbonyl (C=O) groups is 1. The molecule has 8 heteroatoms. The third-order valence-corrected chi connectivity index (χ3v) is 9.38. The van der Waals surface area contributed by atoms with Crippen LogP contribution in [0.15, 0.2) is 11.1 Å². The molecule has 3 fully saturated rings. The molecule has 0 heterocycles. The number of fused-ring (bicyclic) bond motifs is 5. The quantitative estimate of drug-likeness (QED) is 0.472. The van der Waals surface area contributed by atoms with Gasteiger partial charge in [0.05, 0.1) is 5.57 Å². The molecule has 1 N–H and O–H groups in total. The van der Waals surface area contributed by atoms with Crippen LogP contribution in [0.1, 0.15) is 65.7 Å². The zero-order valence-corrected chi connectivity index (χ0v) is 17.4. The molecular formula is C22H28F6O2. The summed E-state index contributed by atoms with van der Waals surface area (Å²) in [5.74, 6) is -1.95. The molecule has 30 heavy (non-hydrogen) atoms.